The summed E-state index contributed by atoms with van der Waals surface area (Å²) in [5, 5.41) is 3.03. The van der Waals surface area contributed by atoms with Crippen LogP contribution in [0, 0.1) is 6.92 Å². The van der Waals surface area contributed by atoms with Crippen LogP contribution in [0.1, 0.15) is 66.6 Å². The highest BCUT2D eigenvalue weighted by Crippen LogP contribution is 2.27. The van der Waals surface area contributed by atoms with Gasteiger partial charge in [-0.3, -0.25) is 4.79 Å². The molecule has 1 N–H and O–H groups in total. The fourth-order valence-corrected chi connectivity index (χ4v) is 5.46. The first-order valence-electron chi connectivity index (χ1n) is 10.9. The Hall–Kier alpha value is -2.38. The van der Waals surface area contributed by atoms with Gasteiger partial charge in [0.15, 0.2) is 0 Å². The van der Waals surface area contributed by atoms with Gasteiger partial charge in [-0.25, -0.2) is 8.42 Å². The van der Waals surface area contributed by atoms with Crippen LogP contribution in [0.4, 0.5) is 0 Å². The largest absolute Gasteiger partial charge is 0.496 e. The molecule has 1 fully saturated rings. The molecule has 2 aromatic rings. The summed E-state index contributed by atoms with van der Waals surface area (Å²) >= 11 is 0. The van der Waals surface area contributed by atoms with Crippen LogP contribution in [0.15, 0.2) is 47.4 Å². The van der Waals surface area contributed by atoms with Crippen molar-refractivity contribution in [3.8, 4) is 5.75 Å². The number of hydrogen-bond acceptors (Lipinski definition) is 4. The number of amides is 1. The molecule has 0 radical (unpaired) electrons. The number of nitrogens with zero attached hydrogens (tertiary/aromatic N) is 1. The number of aryl methyl sites for hydroxylation is 1. The molecule has 2 aromatic carbocycles. The number of nitrogens with one attached hydrogen (secondary N) is 1. The number of sulfonamides is 1. The molecule has 31 heavy (non-hydrogen) atoms. The van der Waals surface area contributed by atoms with Crippen molar-refractivity contribution < 1.29 is 17.9 Å². The van der Waals surface area contributed by atoms with Crippen molar-refractivity contribution in [3.63, 3.8) is 0 Å². The number of ether oxygens (including phenoxy) is 1. The van der Waals surface area contributed by atoms with Crippen LogP contribution in [0.2, 0.25) is 0 Å². The summed E-state index contributed by atoms with van der Waals surface area (Å²) in [5.41, 5.74) is 2.38. The zero-order valence-electron chi connectivity index (χ0n) is 18.6. The highest BCUT2D eigenvalue weighted by atomic mass is 32.2. The van der Waals surface area contributed by atoms with E-state index in [-0.39, 0.29) is 22.4 Å². The van der Waals surface area contributed by atoms with Crippen LogP contribution in [0.25, 0.3) is 0 Å². The average molecular weight is 445 g/mol. The van der Waals surface area contributed by atoms with Crippen molar-refractivity contribution in [2.45, 2.75) is 56.9 Å². The van der Waals surface area contributed by atoms with Gasteiger partial charge in [0.05, 0.1) is 23.6 Å². The number of carbonyl (C=O) groups is 1. The first-order valence-corrected chi connectivity index (χ1v) is 12.4. The third-order valence-electron chi connectivity index (χ3n) is 5.81. The number of rotatable bonds is 7. The van der Waals surface area contributed by atoms with Gasteiger partial charge in [-0.15, -0.1) is 0 Å². The maximum atomic E-state index is 13.2. The molecule has 1 aliphatic rings. The van der Waals surface area contributed by atoms with Crippen LogP contribution in [-0.2, 0) is 10.0 Å². The van der Waals surface area contributed by atoms with Gasteiger partial charge in [-0.1, -0.05) is 49.6 Å². The maximum absolute atomic E-state index is 13.2. The third-order valence-corrected chi connectivity index (χ3v) is 7.71. The standard InChI is InChI=1S/C24H32N2O4S/c1-4-22(19-11-9-18(2)10-12-19)25-24(27)21-17-20(13-14-23(21)30-3)31(28,29)26-15-7-5-6-8-16-26/h9-14,17,22H,4-8,15-16H2,1-3H3,(H,25,27)/t22-/m1/s1. The van der Waals surface area contributed by atoms with E-state index < -0.39 is 10.0 Å². The zero-order valence-corrected chi connectivity index (χ0v) is 19.4. The van der Waals surface area contributed by atoms with E-state index in [1.807, 2.05) is 38.1 Å². The summed E-state index contributed by atoms with van der Waals surface area (Å²) in [4.78, 5) is 13.3. The lowest BCUT2D eigenvalue weighted by Gasteiger charge is -2.22. The summed E-state index contributed by atoms with van der Waals surface area (Å²) in [6, 6.07) is 12.4. The second kappa shape index (κ2) is 10.3. The SMILES string of the molecule is CC[C@@H](NC(=O)c1cc(S(=O)(=O)N2CCCCCC2)ccc1OC)c1ccc(C)cc1. The quantitative estimate of drug-likeness (QED) is 0.685. The Morgan fingerprint density at radius 1 is 1.06 bits per heavy atom. The Kier molecular flexibility index (Phi) is 7.73. The Morgan fingerprint density at radius 3 is 2.29 bits per heavy atom. The third kappa shape index (κ3) is 5.46. The first kappa shape index (κ1) is 23.3. The fourth-order valence-electron chi connectivity index (χ4n) is 3.91. The van der Waals surface area contributed by atoms with Gasteiger partial charge in [0.25, 0.3) is 5.91 Å². The number of benzene rings is 2. The Labute approximate surface area is 185 Å². The molecule has 3 rings (SSSR count). The second-order valence-corrected chi connectivity index (χ2v) is 9.96. The van der Waals surface area contributed by atoms with Crippen LogP contribution < -0.4 is 10.1 Å². The topological polar surface area (TPSA) is 75.7 Å². The minimum absolute atomic E-state index is 0.128. The van der Waals surface area contributed by atoms with Crippen molar-refractivity contribution in [1.82, 2.24) is 9.62 Å². The van der Waals surface area contributed by atoms with E-state index in [9.17, 15) is 13.2 Å². The fraction of sp³-hybridized carbons (Fsp3) is 0.458. The van der Waals surface area contributed by atoms with Crippen molar-refractivity contribution in [1.29, 1.82) is 0 Å². The van der Waals surface area contributed by atoms with Gasteiger partial charge in [-0.05, 0) is 49.9 Å². The van der Waals surface area contributed by atoms with Gasteiger partial charge >= 0.3 is 0 Å². The molecule has 1 amide bonds. The molecule has 0 unspecified atom stereocenters. The lowest BCUT2D eigenvalue weighted by atomic mass is 10.0. The minimum atomic E-state index is -3.66. The lowest BCUT2D eigenvalue weighted by Crippen LogP contribution is -2.32. The van der Waals surface area contributed by atoms with Gasteiger partial charge in [0.1, 0.15) is 5.75 Å². The molecule has 0 aromatic heterocycles. The Bertz CT molecular complexity index is 995. The van der Waals surface area contributed by atoms with Crippen molar-refractivity contribution >= 4 is 15.9 Å². The van der Waals surface area contributed by atoms with Crippen molar-refractivity contribution in [3.05, 3.63) is 59.2 Å². The van der Waals surface area contributed by atoms with Crippen molar-refractivity contribution in [2.24, 2.45) is 0 Å². The monoisotopic (exact) mass is 444 g/mol. The summed E-state index contributed by atoms with van der Waals surface area (Å²) in [6.45, 7) is 5.05. The predicted molar refractivity (Wildman–Crippen MR) is 122 cm³/mol. The molecular weight excluding hydrogens is 412 g/mol. The number of methoxy groups -OCH3 is 1. The smallest absolute Gasteiger partial charge is 0.255 e. The maximum Gasteiger partial charge on any atom is 0.255 e. The lowest BCUT2D eigenvalue weighted by molar-refractivity contribution is 0.0932. The van der Waals surface area contributed by atoms with E-state index in [4.69, 9.17) is 4.74 Å². The molecule has 0 spiro atoms. The Balaban J connectivity index is 1.89. The molecule has 168 valence electrons. The molecule has 7 heteroatoms. The van der Waals surface area contributed by atoms with E-state index in [1.165, 1.54) is 23.5 Å². The highest BCUT2D eigenvalue weighted by Gasteiger charge is 2.27. The Morgan fingerprint density at radius 2 is 1.71 bits per heavy atom. The molecule has 0 aliphatic carbocycles. The first-order chi connectivity index (χ1) is 14.9. The second-order valence-electron chi connectivity index (χ2n) is 8.03. The summed E-state index contributed by atoms with van der Waals surface area (Å²) in [5.74, 6) is 0.00302. The van der Waals surface area contributed by atoms with E-state index in [0.29, 0.717) is 25.3 Å². The van der Waals surface area contributed by atoms with Gasteiger partial charge < -0.3 is 10.1 Å². The molecule has 0 bridgehead atoms. The molecule has 6 nitrogen and oxygen atoms in total. The summed E-state index contributed by atoms with van der Waals surface area (Å²) in [7, 11) is -2.18. The van der Waals surface area contributed by atoms with E-state index in [1.54, 1.807) is 6.07 Å². The zero-order chi connectivity index (χ0) is 22.4. The minimum Gasteiger partial charge on any atom is -0.496 e. The molecule has 1 atom stereocenters. The van der Waals surface area contributed by atoms with Crippen LogP contribution in [0.5, 0.6) is 5.75 Å². The predicted octanol–water partition coefficient (Wildman–Crippen LogP) is 4.45. The van der Waals surface area contributed by atoms with Crippen LogP contribution in [0.3, 0.4) is 0 Å². The summed E-state index contributed by atoms with van der Waals surface area (Å²) in [6.07, 6.45) is 4.51. The average Bonchev–Trinajstić information content (AvgIpc) is 3.08. The van der Waals surface area contributed by atoms with E-state index in [2.05, 4.69) is 5.32 Å². The molecule has 1 heterocycles. The normalized spacial score (nSPS) is 16.4. The van der Waals surface area contributed by atoms with Gasteiger partial charge in [-0.2, -0.15) is 4.31 Å². The van der Waals surface area contributed by atoms with Crippen LogP contribution in [-0.4, -0.2) is 38.8 Å². The van der Waals surface area contributed by atoms with Gasteiger partial charge in [0, 0.05) is 13.1 Å². The number of hydrogen-bond donors (Lipinski definition) is 1. The molecule has 1 aliphatic heterocycles. The molecule has 1 saturated heterocycles. The van der Waals surface area contributed by atoms with Crippen LogP contribution >= 0.6 is 0 Å². The summed E-state index contributed by atoms with van der Waals surface area (Å²) < 4.78 is 33.3. The molecule has 0 saturated carbocycles. The van der Waals surface area contributed by atoms with Gasteiger partial charge in [0.2, 0.25) is 10.0 Å². The van der Waals surface area contributed by atoms with Crippen molar-refractivity contribution in [2.75, 3.05) is 20.2 Å². The number of carbonyl (C=O) groups excluding carboxylic acids is 1. The molecular formula is C24H32N2O4S. The van der Waals surface area contributed by atoms with E-state index >= 15 is 0 Å². The highest BCUT2D eigenvalue weighted by molar-refractivity contribution is 7.89. The van der Waals surface area contributed by atoms with E-state index in [0.717, 1.165) is 36.8 Å².